The van der Waals surface area contributed by atoms with Gasteiger partial charge >= 0.3 is 5.97 Å². The molecule has 4 nitrogen and oxygen atoms in total. The molecule has 0 bridgehead atoms. The van der Waals surface area contributed by atoms with Gasteiger partial charge in [-0.3, -0.25) is 0 Å². The van der Waals surface area contributed by atoms with E-state index in [9.17, 15) is 4.79 Å². The van der Waals surface area contributed by atoms with Crippen molar-refractivity contribution in [1.29, 1.82) is 0 Å². The second-order valence-electron chi connectivity index (χ2n) is 2.00. The minimum absolute atomic E-state index is 0.394. The van der Waals surface area contributed by atoms with Crippen molar-refractivity contribution in [3.05, 3.63) is 25.3 Å². The van der Waals surface area contributed by atoms with Crippen LogP contribution in [0.5, 0.6) is 0 Å². The zero-order chi connectivity index (χ0) is 10.1. The van der Waals surface area contributed by atoms with E-state index in [-0.39, 0.29) is 0 Å². The molecule has 0 saturated heterocycles. The Morgan fingerprint density at radius 1 is 1.69 bits per heavy atom. The van der Waals surface area contributed by atoms with Gasteiger partial charge in [0.15, 0.2) is 0 Å². The van der Waals surface area contributed by atoms with E-state index in [0.29, 0.717) is 5.90 Å². The summed E-state index contributed by atoms with van der Waals surface area (Å²) in [4.78, 5) is 13.8. The molecule has 1 aliphatic rings. The van der Waals surface area contributed by atoms with E-state index >= 15 is 0 Å². The predicted molar refractivity (Wildman–Crippen MR) is 50.7 cm³/mol. The number of carbonyl (C=O) groups is 1. The summed E-state index contributed by atoms with van der Waals surface area (Å²) < 4.78 is 9.08. The van der Waals surface area contributed by atoms with Gasteiger partial charge in [-0.15, -0.1) is 0 Å². The maximum Gasteiger partial charge on any atom is 0.329 e. The van der Waals surface area contributed by atoms with Crippen LogP contribution in [0.1, 0.15) is 0 Å². The largest absolute Gasteiger partial charge is 0.476 e. The van der Waals surface area contributed by atoms with Crippen molar-refractivity contribution < 1.29 is 14.3 Å². The van der Waals surface area contributed by atoms with Crippen LogP contribution in [-0.4, -0.2) is 32.1 Å². The molecule has 4 heteroatoms. The molecule has 0 aromatic carbocycles. The van der Waals surface area contributed by atoms with Crippen LogP contribution in [0.15, 0.2) is 30.3 Å². The topological polar surface area (TPSA) is 47.9 Å². The van der Waals surface area contributed by atoms with E-state index in [0.717, 1.165) is 19.2 Å². The molecule has 0 saturated carbocycles. The van der Waals surface area contributed by atoms with Crippen LogP contribution in [0.4, 0.5) is 0 Å². The van der Waals surface area contributed by atoms with Gasteiger partial charge in [-0.25, -0.2) is 9.79 Å². The fourth-order valence-electron chi connectivity index (χ4n) is 0.559. The standard InChI is InChI=1S/C5H7NO.C4H6O2/c1-2-5-6-3-4-7-5;1-3-4(5)6-2/h2H,1,3-4H2;3H,1H2,2H3. The van der Waals surface area contributed by atoms with Gasteiger partial charge in [0.2, 0.25) is 5.90 Å². The van der Waals surface area contributed by atoms with Gasteiger partial charge in [0.1, 0.15) is 6.61 Å². The Labute approximate surface area is 77.6 Å². The van der Waals surface area contributed by atoms with Gasteiger partial charge in [0.25, 0.3) is 0 Å². The number of methoxy groups -OCH3 is 1. The Bertz CT molecular complexity index is 221. The lowest BCUT2D eigenvalue weighted by molar-refractivity contribution is -0.134. The molecular weight excluding hydrogens is 170 g/mol. The lowest BCUT2D eigenvalue weighted by Gasteiger charge is -1.87. The van der Waals surface area contributed by atoms with Crippen LogP contribution >= 0.6 is 0 Å². The van der Waals surface area contributed by atoms with Gasteiger partial charge in [-0.2, -0.15) is 0 Å². The first-order valence-corrected chi connectivity index (χ1v) is 3.74. The van der Waals surface area contributed by atoms with Gasteiger partial charge in [0, 0.05) is 6.08 Å². The van der Waals surface area contributed by atoms with E-state index < -0.39 is 5.97 Å². The highest BCUT2D eigenvalue weighted by Gasteiger charge is 1.98. The van der Waals surface area contributed by atoms with Crippen LogP contribution < -0.4 is 0 Å². The quantitative estimate of drug-likeness (QED) is 0.473. The van der Waals surface area contributed by atoms with E-state index in [1.54, 1.807) is 6.08 Å². The number of nitrogens with zero attached hydrogens (tertiary/aromatic N) is 1. The van der Waals surface area contributed by atoms with Crippen molar-refractivity contribution in [3.63, 3.8) is 0 Å². The van der Waals surface area contributed by atoms with Crippen molar-refractivity contribution in [2.24, 2.45) is 4.99 Å². The number of esters is 1. The number of hydrogen-bond donors (Lipinski definition) is 0. The molecule has 0 spiro atoms. The maximum atomic E-state index is 9.84. The molecule has 13 heavy (non-hydrogen) atoms. The lowest BCUT2D eigenvalue weighted by Crippen LogP contribution is -1.91. The van der Waals surface area contributed by atoms with Crippen LogP contribution in [0.2, 0.25) is 0 Å². The molecule has 0 aromatic rings. The van der Waals surface area contributed by atoms with E-state index in [1.165, 1.54) is 7.11 Å². The van der Waals surface area contributed by atoms with Gasteiger partial charge in [0.05, 0.1) is 13.7 Å². The van der Waals surface area contributed by atoms with Crippen LogP contribution in [0.25, 0.3) is 0 Å². The third kappa shape index (κ3) is 5.66. The van der Waals surface area contributed by atoms with E-state index in [2.05, 4.69) is 22.9 Å². The zero-order valence-corrected chi connectivity index (χ0v) is 7.66. The van der Waals surface area contributed by atoms with Crippen LogP contribution in [-0.2, 0) is 14.3 Å². The fraction of sp³-hybridized carbons (Fsp3) is 0.333. The molecule has 0 N–H and O–H groups in total. The summed E-state index contributed by atoms with van der Waals surface area (Å²) in [6.07, 6.45) is 2.73. The SMILES string of the molecule is C=CC(=O)OC.C=CC1=NCCO1. The molecule has 0 aromatic heterocycles. The van der Waals surface area contributed by atoms with Gasteiger partial charge in [-0.1, -0.05) is 13.2 Å². The molecule has 0 radical (unpaired) electrons. The first kappa shape index (κ1) is 11.4. The average Bonchev–Trinajstić information content (AvgIpc) is 2.70. The Morgan fingerprint density at radius 2 is 2.38 bits per heavy atom. The highest BCUT2D eigenvalue weighted by molar-refractivity contribution is 5.87. The Hall–Kier alpha value is -1.58. The summed E-state index contributed by atoms with van der Waals surface area (Å²) in [5.41, 5.74) is 0. The maximum absolute atomic E-state index is 9.84. The molecule has 0 unspecified atom stereocenters. The zero-order valence-electron chi connectivity index (χ0n) is 7.66. The number of carbonyl (C=O) groups excluding carboxylic acids is 1. The Kier molecular flexibility index (Phi) is 6.23. The lowest BCUT2D eigenvalue weighted by atomic mass is 10.6. The molecule has 0 atom stereocenters. The normalized spacial score (nSPS) is 12.8. The smallest absolute Gasteiger partial charge is 0.329 e. The van der Waals surface area contributed by atoms with Crippen molar-refractivity contribution in [1.82, 2.24) is 0 Å². The second-order valence-corrected chi connectivity index (χ2v) is 2.00. The monoisotopic (exact) mass is 183 g/mol. The molecule has 1 rings (SSSR count). The number of hydrogen-bond acceptors (Lipinski definition) is 4. The third-order valence-corrected chi connectivity index (χ3v) is 1.15. The van der Waals surface area contributed by atoms with E-state index in [1.807, 2.05) is 0 Å². The average molecular weight is 183 g/mol. The summed E-state index contributed by atoms with van der Waals surface area (Å²) in [7, 11) is 1.31. The van der Waals surface area contributed by atoms with Gasteiger partial charge < -0.3 is 9.47 Å². The highest BCUT2D eigenvalue weighted by atomic mass is 16.5. The number of rotatable bonds is 2. The van der Waals surface area contributed by atoms with Crippen LogP contribution in [0, 0.1) is 0 Å². The second kappa shape index (κ2) is 7.09. The van der Waals surface area contributed by atoms with Crippen LogP contribution in [0.3, 0.4) is 0 Å². The molecule has 1 heterocycles. The van der Waals surface area contributed by atoms with Crippen molar-refractivity contribution in [2.45, 2.75) is 0 Å². The minimum Gasteiger partial charge on any atom is -0.476 e. The highest BCUT2D eigenvalue weighted by Crippen LogP contribution is 1.92. The first-order chi connectivity index (χ1) is 6.24. The molecule has 0 fully saturated rings. The van der Waals surface area contributed by atoms with Gasteiger partial charge in [-0.05, 0) is 6.08 Å². The number of ether oxygens (including phenoxy) is 2. The first-order valence-electron chi connectivity index (χ1n) is 3.74. The predicted octanol–water partition coefficient (Wildman–Crippen LogP) is 0.946. The summed E-state index contributed by atoms with van der Waals surface area (Å²) in [5.74, 6) is 0.287. The van der Waals surface area contributed by atoms with Crippen molar-refractivity contribution in [3.8, 4) is 0 Å². The number of aliphatic imine (C=N–C) groups is 1. The molecular formula is C9H13NO3. The molecule has 1 aliphatic heterocycles. The van der Waals surface area contributed by atoms with Crippen molar-refractivity contribution >= 4 is 11.9 Å². The third-order valence-electron chi connectivity index (χ3n) is 1.15. The summed E-state index contributed by atoms with van der Waals surface area (Å²) >= 11 is 0. The molecule has 0 amide bonds. The molecule has 72 valence electrons. The molecule has 0 aliphatic carbocycles. The van der Waals surface area contributed by atoms with E-state index in [4.69, 9.17) is 4.74 Å². The minimum atomic E-state index is -0.394. The fourth-order valence-corrected chi connectivity index (χ4v) is 0.559. The Morgan fingerprint density at radius 3 is 2.54 bits per heavy atom. The summed E-state index contributed by atoms with van der Waals surface area (Å²) in [6, 6.07) is 0. The summed E-state index contributed by atoms with van der Waals surface area (Å²) in [6.45, 7) is 8.16. The summed E-state index contributed by atoms with van der Waals surface area (Å²) in [5, 5.41) is 0. The van der Waals surface area contributed by atoms with Crippen molar-refractivity contribution in [2.75, 3.05) is 20.3 Å². The Balaban J connectivity index is 0.000000226.